The molecular formula is C11H15ClN2O. The molecule has 1 aromatic rings. The molecule has 1 fully saturated rings. The Morgan fingerprint density at radius 2 is 2.07 bits per heavy atom. The van der Waals surface area contributed by atoms with Crippen LogP contribution in [0.3, 0.4) is 0 Å². The molecule has 0 amide bonds. The summed E-state index contributed by atoms with van der Waals surface area (Å²) in [5.74, 6) is 0.538. The van der Waals surface area contributed by atoms with E-state index in [1.165, 1.54) is 0 Å². The normalized spacial score (nSPS) is 27.5. The van der Waals surface area contributed by atoms with Crippen molar-refractivity contribution in [1.82, 2.24) is 4.98 Å². The summed E-state index contributed by atoms with van der Waals surface area (Å²) in [6, 6.07) is 3.66. The Morgan fingerprint density at radius 1 is 1.47 bits per heavy atom. The van der Waals surface area contributed by atoms with Gasteiger partial charge < -0.3 is 10.5 Å². The predicted octanol–water partition coefficient (Wildman–Crippen LogP) is 2.33. The fraction of sp³-hybridized carbons (Fsp3) is 0.545. The van der Waals surface area contributed by atoms with Crippen LogP contribution in [0.4, 0.5) is 0 Å². The average molecular weight is 227 g/mol. The predicted molar refractivity (Wildman–Crippen MR) is 60.1 cm³/mol. The molecule has 2 N–H and O–H groups in total. The first-order valence-corrected chi connectivity index (χ1v) is 5.28. The molecule has 1 aliphatic carbocycles. The Morgan fingerprint density at radius 3 is 2.53 bits per heavy atom. The van der Waals surface area contributed by atoms with Gasteiger partial charge in [0.15, 0.2) is 0 Å². The van der Waals surface area contributed by atoms with Gasteiger partial charge in [0.25, 0.3) is 0 Å². The summed E-state index contributed by atoms with van der Waals surface area (Å²) in [5.41, 5.74) is 7.04. The number of hydrogen-bond donors (Lipinski definition) is 1. The highest BCUT2D eigenvalue weighted by atomic mass is 35.5. The summed E-state index contributed by atoms with van der Waals surface area (Å²) >= 11 is 5.81. The third kappa shape index (κ3) is 1.50. The molecule has 0 aliphatic heterocycles. The minimum atomic E-state index is -0.323. The molecule has 82 valence electrons. The largest absolute Gasteiger partial charge is 0.481 e. The molecule has 1 saturated carbocycles. The lowest BCUT2D eigenvalue weighted by atomic mass is 9.98. The van der Waals surface area contributed by atoms with Crippen molar-refractivity contribution in [3.05, 3.63) is 22.8 Å². The first-order chi connectivity index (χ1) is 6.90. The highest BCUT2D eigenvalue weighted by Gasteiger charge is 2.60. The van der Waals surface area contributed by atoms with E-state index in [0.29, 0.717) is 11.0 Å². The van der Waals surface area contributed by atoms with Crippen molar-refractivity contribution in [3.8, 4) is 5.88 Å². The van der Waals surface area contributed by atoms with Crippen LogP contribution < -0.4 is 10.5 Å². The van der Waals surface area contributed by atoms with E-state index in [4.69, 9.17) is 22.1 Å². The molecular weight excluding hydrogens is 212 g/mol. The van der Waals surface area contributed by atoms with E-state index < -0.39 is 0 Å². The first kappa shape index (κ1) is 10.7. The number of hydrogen-bond acceptors (Lipinski definition) is 3. The van der Waals surface area contributed by atoms with Crippen LogP contribution >= 0.6 is 11.6 Å². The van der Waals surface area contributed by atoms with E-state index in [-0.39, 0.29) is 11.0 Å². The van der Waals surface area contributed by atoms with Crippen molar-refractivity contribution < 1.29 is 4.74 Å². The van der Waals surface area contributed by atoms with Crippen molar-refractivity contribution in [2.24, 2.45) is 11.1 Å². The quantitative estimate of drug-likeness (QED) is 0.788. The maximum atomic E-state index is 6.31. The molecule has 0 bridgehead atoms. The van der Waals surface area contributed by atoms with Crippen molar-refractivity contribution >= 4 is 11.6 Å². The molecule has 1 atom stereocenters. The molecule has 0 spiro atoms. The van der Waals surface area contributed by atoms with E-state index >= 15 is 0 Å². The Balaban J connectivity index is 2.46. The summed E-state index contributed by atoms with van der Waals surface area (Å²) in [6.07, 6.45) is 0.944. The van der Waals surface area contributed by atoms with Crippen LogP contribution in [-0.4, -0.2) is 12.1 Å². The van der Waals surface area contributed by atoms with Crippen LogP contribution in [0.1, 0.15) is 25.8 Å². The fourth-order valence-corrected chi connectivity index (χ4v) is 2.17. The number of aromatic nitrogens is 1. The van der Waals surface area contributed by atoms with Gasteiger partial charge in [0.2, 0.25) is 5.88 Å². The second kappa shape index (κ2) is 3.09. The van der Waals surface area contributed by atoms with Crippen molar-refractivity contribution in [1.29, 1.82) is 0 Å². The topological polar surface area (TPSA) is 48.1 Å². The minimum absolute atomic E-state index is 0.107. The van der Waals surface area contributed by atoms with Crippen molar-refractivity contribution in [2.75, 3.05) is 7.11 Å². The van der Waals surface area contributed by atoms with Gasteiger partial charge in [-0.1, -0.05) is 25.4 Å². The van der Waals surface area contributed by atoms with Gasteiger partial charge in [0, 0.05) is 5.56 Å². The number of nitrogens with two attached hydrogens (primary N) is 1. The summed E-state index contributed by atoms with van der Waals surface area (Å²) in [5, 5.41) is 0.428. The Hall–Kier alpha value is -0.800. The van der Waals surface area contributed by atoms with E-state index in [2.05, 4.69) is 18.8 Å². The zero-order valence-electron chi connectivity index (χ0n) is 9.17. The maximum absolute atomic E-state index is 6.31. The molecule has 1 unspecified atom stereocenters. The van der Waals surface area contributed by atoms with Crippen LogP contribution in [0.5, 0.6) is 5.88 Å². The number of ether oxygens (including phenoxy) is 1. The van der Waals surface area contributed by atoms with Gasteiger partial charge in [-0.3, -0.25) is 0 Å². The van der Waals surface area contributed by atoms with Gasteiger partial charge in [0.05, 0.1) is 12.6 Å². The smallest absolute Gasteiger partial charge is 0.219 e. The van der Waals surface area contributed by atoms with Crippen LogP contribution in [-0.2, 0) is 5.54 Å². The molecule has 15 heavy (non-hydrogen) atoms. The highest BCUT2D eigenvalue weighted by Crippen LogP contribution is 2.61. The molecule has 1 aliphatic rings. The van der Waals surface area contributed by atoms with Crippen LogP contribution in [0.25, 0.3) is 0 Å². The lowest BCUT2D eigenvalue weighted by Crippen LogP contribution is -2.26. The molecule has 0 aromatic carbocycles. The monoisotopic (exact) mass is 226 g/mol. The minimum Gasteiger partial charge on any atom is -0.481 e. The second-order valence-corrected chi connectivity index (χ2v) is 5.11. The van der Waals surface area contributed by atoms with Crippen molar-refractivity contribution in [2.45, 2.75) is 25.8 Å². The second-order valence-electron chi connectivity index (χ2n) is 4.72. The van der Waals surface area contributed by atoms with Gasteiger partial charge in [-0.05, 0) is 24.0 Å². The van der Waals surface area contributed by atoms with E-state index in [1.54, 1.807) is 13.2 Å². The highest BCUT2D eigenvalue weighted by molar-refractivity contribution is 6.29. The van der Waals surface area contributed by atoms with Crippen LogP contribution in [0.2, 0.25) is 5.15 Å². The number of rotatable bonds is 2. The molecule has 0 saturated heterocycles. The average Bonchev–Trinajstić information content (AvgIpc) is 2.66. The zero-order chi connectivity index (χ0) is 11.3. The van der Waals surface area contributed by atoms with Gasteiger partial charge in [-0.2, -0.15) is 0 Å². The lowest BCUT2D eigenvalue weighted by Gasteiger charge is -2.17. The summed E-state index contributed by atoms with van der Waals surface area (Å²) < 4.78 is 5.21. The zero-order valence-corrected chi connectivity index (χ0v) is 9.93. The lowest BCUT2D eigenvalue weighted by molar-refractivity contribution is 0.379. The van der Waals surface area contributed by atoms with Crippen molar-refractivity contribution in [3.63, 3.8) is 0 Å². The number of pyridine rings is 1. The maximum Gasteiger partial charge on any atom is 0.219 e. The van der Waals surface area contributed by atoms with Gasteiger partial charge in [-0.25, -0.2) is 4.98 Å². The molecule has 3 nitrogen and oxygen atoms in total. The van der Waals surface area contributed by atoms with E-state index in [1.807, 2.05) is 6.07 Å². The molecule has 4 heteroatoms. The van der Waals surface area contributed by atoms with Gasteiger partial charge >= 0.3 is 0 Å². The Labute approximate surface area is 94.6 Å². The number of nitrogens with zero attached hydrogens (tertiary/aromatic N) is 1. The van der Waals surface area contributed by atoms with E-state index in [9.17, 15) is 0 Å². The first-order valence-electron chi connectivity index (χ1n) is 4.91. The standard InChI is InChI=1S/C11H15ClN2O/c1-10(2)6-11(10,13)7-4-5-8(12)14-9(7)15-3/h4-5H,6,13H2,1-3H3. The summed E-state index contributed by atoms with van der Waals surface area (Å²) in [7, 11) is 1.58. The molecule has 2 rings (SSSR count). The fourth-order valence-electron chi connectivity index (χ4n) is 2.03. The third-order valence-corrected chi connectivity index (χ3v) is 3.51. The number of halogens is 1. The Bertz CT molecular complexity index is 406. The van der Waals surface area contributed by atoms with Crippen LogP contribution in [0, 0.1) is 5.41 Å². The number of methoxy groups -OCH3 is 1. The van der Waals surface area contributed by atoms with Gasteiger partial charge in [0.1, 0.15) is 5.15 Å². The van der Waals surface area contributed by atoms with E-state index in [0.717, 1.165) is 12.0 Å². The Kier molecular flexibility index (Phi) is 2.21. The molecule has 1 aromatic heterocycles. The molecule has 0 radical (unpaired) electrons. The third-order valence-electron chi connectivity index (χ3n) is 3.30. The van der Waals surface area contributed by atoms with Gasteiger partial charge in [-0.15, -0.1) is 0 Å². The summed E-state index contributed by atoms with van der Waals surface area (Å²) in [4.78, 5) is 4.13. The SMILES string of the molecule is COc1nc(Cl)ccc1C1(N)CC1(C)C. The molecule has 1 heterocycles. The van der Waals surface area contributed by atoms with Crippen LogP contribution in [0.15, 0.2) is 12.1 Å². The summed E-state index contributed by atoms with van der Waals surface area (Å²) in [6.45, 7) is 4.28.